The largest absolute Gasteiger partial charge is 0.479 e. The SMILES string of the molecule is CC(O)C(C)OC(C)(Cc1ccc(Br)cc1)C(=O)O. The predicted molar refractivity (Wildman–Crippen MR) is 76.1 cm³/mol. The summed E-state index contributed by atoms with van der Waals surface area (Å²) < 4.78 is 6.47. The highest BCUT2D eigenvalue weighted by molar-refractivity contribution is 9.10. The summed E-state index contributed by atoms with van der Waals surface area (Å²) in [7, 11) is 0. The number of hydrogen-bond acceptors (Lipinski definition) is 3. The maximum absolute atomic E-state index is 11.4. The van der Waals surface area contributed by atoms with Gasteiger partial charge in [0.25, 0.3) is 0 Å². The number of ether oxygens (including phenoxy) is 1. The van der Waals surface area contributed by atoms with Gasteiger partial charge in [0, 0.05) is 10.9 Å². The van der Waals surface area contributed by atoms with Gasteiger partial charge in [-0.1, -0.05) is 28.1 Å². The van der Waals surface area contributed by atoms with E-state index in [0.717, 1.165) is 10.0 Å². The molecule has 106 valence electrons. The quantitative estimate of drug-likeness (QED) is 0.841. The lowest BCUT2D eigenvalue weighted by Crippen LogP contribution is -2.45. The first-order valence-electron chi connectivity index (χ1n) is 6.08. The van der Waals surface area contributed by atoms with Crippen LogP contribution in [0.2, 0.25) is 0 Å². The minimum Gasteiger partial charge on any atom is -0.479 e. The molecule has 5 heteroatoms. The molecule has 0 aliphatic heterocycles. The van der Waals surface area contributed by atoms with Gasteiger partial charge >= 0.3 is 5.97 Å². The zero-order valence-corrected chi connectivity index (χ0v) is 12.8. The van der Waals surface area contributed by atoms with Crippen LogP contribution in [-0.4, -0.2) is 34.0 Å². The third kappa shape index (κ3) is 4.60. The van der Waals surface area contributed by atoms with Crippen molar-refractivity contribution in [3.05, 3.63) is 34.3 Å². The van der Waals surface area contributed by atoms with Gasteiger partial charge in [0.15, 0.2) is 5.60 Å². The number of carboxylic acid groups (broad SMARTS) is 1. The van der Waals surface area contributed by atoms with Crippen molar-refractivity contribution >= 4 is 21.9 Å². The molecule has 3 unspecified atom stereocenters. The fourth-order valence-electron chi connectivity index (χ4n) is 1.67. The van der Waals surface area contributed by atoms with E-state index in [9.17, 15) is 15.0 Å². The van der Waals surface area contributed by atoms with E-state index in [1.165, 1.54) is 6.92 Å². The monoisotopic (exact) mass is 330 g/mol. The topological polar surface area (TPSA) is 66.8 Å². The Kier molecular flexibility index (Phi) is 5.52. The van der Waals surface area contributed by atoms with Gasteiger partial charge in [-0.25, -0.2) is 4.79 Å². The molecule has 0 fully saturated rings. The predicted octanol–water partition coefficient (Wildman–Crippen LogP) is 2.62. The van der Waals surface area contributed by atoms with Crippen LogP contribution in [0.15, 0.2) is 28.7 Å². The van der Waals surface area contributed by atoms with E-state index < -0.39 is 23.8 Å². The van der Waals surface area contributed by atoms with Crippen LogP contribution < -0.4 is 0 Å². The van der Waals surface area contributed by atoms with Gasteiger partial charge in [-0.3, -0.25) is 0 Å². The Morgan fingerprint density at radius 1 is 1.37 bits per heavy atom. The zero-order chi connectivity index (χ0) is 14.6. The van der Waals surface area contributed by atoms with Gasteiger partial charge in [0.1, 0.15) is 0 Å². The van der Waals surface area contributed by atoms with Gasteiger partial charge < -0.3 is 14.9 Å². The minimum atomic E-state index is -1.36. The highest BCUT2D eigenvalue weighted by atomic mass is 79.9. The second-order valence-corrected chi connectivity index (χ2v) is 5.82. The average Bonchev–Trinajstić information content (AvgIpc) is 2.31. The highest BCUT2D eigenvalue weighted by Gasteiger charge is 2.37. The molecule has 0 aliphatic carbocycles. The van der Waals surface area contributed by atoms with Crippen LogP contribution in [0.25, 0.3) is 0 Å². The summed E-state index contributed by atoms with van der Waals surface area (Å²) in [5, 5.41) is 18.8. The van der Waals surface area contributed by atoms with Crippen molar-refractivity contribution in [2.24, 2.45) is 0 Å². The molecule has 4 nitrogen and oxygen atoms in total. The molecule has 3 atom stereocenters. The van der Waals surface area contributed by atoms with Gasteiger partial charge in [-0.05, 0) is 38.5 Å². The number of aliphatic hydroxyl groups is 1. The van der Waals surface area contributed by atoms with Crippen LogP contribution in [0.1, 0.15) is 26.3 Å². The maximum atomic E-state index is 11.4. The van der Waals surface area contributed by atoms with E-state index in [1.54, 1.807) is 13.8 Å². The van der Waals surface area contributed by atoms with Crippen LogP contribution in [0.5, 0.6) is 0 Å². The van der Waals surface area contributed by atoms with Gasteiger partial charge in [-0.15, -0.1) is 0 Å². The van der Waals surface area contributed by atoms with Crippen LogP contribution >= 0.6 is 15.9 Å². The summed E-state index contributed by atoms with van der Waals surface area (Å²) >= 11 is 3.33. The molecule has 0 radical (unpaired) electrons. The van der Waals surface area contributed by atoms with Gasteiger partial charge in [-0.2, -0.15) is 0 Å². The molecule has 0 aliphatic rings. The van der Waals surface area contributed by atoms with E-state index in [4.69, 9.17) is 4.74 Å². The van der Waals surface area contributed by atoms with Crippen molar-refractivity contribution in [3.63, 3.8) is 0 Å². The Morgan fingerprint density at radius 3 is 2.32 bits per heavy atom. The van der Waals surface area contributed by atoms with E-state index in [-0.39, 0.29) is 6.42 Å². The summed E-state index contributed by atoms with van der Waals surface area (Å²) in [5.41, 5.74) is -0.490. The molecule has 1 aromatic rings. The molecule has 0 heterocycles. The Balaban J connectivity index is 2.87. The second-order valence-electron chi connectivity index (χ2n) is 4.90. The highest BCUT2D eigenvalue weighted by Crippen LogP contribution is 2.22. The second kappa shape index (κ2) is 6.50. The summed E-state index contributed by atoms with van der Waals surface area (Å²) in [6.45, 7) is 4.76. The number of carbonyl (C=O) groups is 1. The molecule has 0 aromatic heterocycles. The minimum absolute atomic E-state index is 0.243. The Morgan fingerprint density at radius 2 is 1.89 bits per heavy atom. The number of aliphatic hydroxyl groups excluding tert-OH is 1. The van der Waals surface area contributed by atoms with Crippen molar-refractivity contribution in [1.82, 2.24) is 0 Å². The number of benzene rings is 1. The number of halogens is 1. The summed E-state index contributed by atoms with van der Waals surface area (Å²) in [6, 6.07) is 7.41. The third-order valence-electron chi connectivity index (χ3n) is 3.03. The first-order chi connectivity index (χ1) is 8.74. The molecular weight excluding hydrogens is 312 g/mol. The van der Waals surface area contributed by atoms with Gasteiger partial charge in [0.2, 0.25) is 0 Å². The van der Waals surface area contributed by atoms with E-state index in [2.05, 4.69) is 15.9 Å². The lowest BCUT2D eigenvalue weighted by Gasteiger charge is -2.30. The van der Waals surface area contributed by atoms with Gasteiger partial charge in [0.05, 0.1) is 12.2 Å². The maximum Gasteiger partial charge on any atom is 0.336 e. The summed E-state index contributed by atoms with van der Waals surface area (Å²) in [6.07, 6.45) is -1.02. The Labute approximate surface area is 121 Å². The van der Waals surface area contributed by atoms with Crippen LogP contribution in [0.3, 0.4) is 0 Å². The lowest BCUT2D eigenvalue weighted by atomic mass is 9.96. The smallest absolute Gasteiger partial charge is 0.336 e. The normalized spacial score (nSPS) is 17.5. The Bertz CT molecular complexity index is 430. The zero-order valence-electron chi connectivity index (χ0n) is 11.3. The molecular formula is C14H19BrO4. The van der Waals surface area contributed by atoms with Crippen molar-refractivity contribution < 1.29 is 19.7 Å². The van der Waals surface area contributed by atoms with Crippen LogP contribution in [0.4, 0.5) is 0 Å². The first kappa shape index (κ1) is 16.1. The summed E-state index contributed by atoms with van der Waals surface area (Å²) in [4.78, 5) is 11.4. The Hall–Kier alpha value is -0.910. The van der Waals surface area contributed by atoms with E-state index >= 15 is 0 Å². The third-order valence-corrected chi connectivity index (χ3v) is 3.56. The average molecular weight is 331 g/mol. The lowest BCUT2D eigenvalue weighted by molar-refractivity contribution is -0.176. The van der Waals surface area contributed by atoms with Crippen LogP contribution in [-0.2, 0) is 16.0 Å². The van der Waals surface area contributed by atoms with Crippen molar-refractivity contribution in [2.45, 2.75) is 45.0 Å². The fraction of sp³-hybridized carbons (Fsp3) is 0.500. The number of hydrogen-bond donors (Lipinski definition) is 2. The molecule has 0 saturated heterocycles. The molecule has 0 bridgehead atoms. The summed E-state index contributed by atoms with van der Waals surface area (Å²) in [5.74, 6) is -1.04. The molecule has 19 heavy (non-hydrogen) atoms. The number of aliphatic carboxylic acids is 1. The molecule has 2 N–H and O–H groups in total. The number of carboxylic acids is 1. The van der Waals surface area contributed by atoms with E-state index in [0.29, 0.717) is 0 Å². The number of rotatable bonds is 6. The molecule has 0 saturated carbocycles. The van der Waals surface area contributed by atoms with Crippen molar-refractivity contribution in [1.29, 1.82) is 0 Å². The molecule has 0 spiro atoms. The molecule has 1 rings (SSSR count). The van der Waals surface area contributed by atoms with Crippen molar-refractivity contribution in [3.8, 4) is 0 Å². The first-order valence-corrected chi connectivity index (χ1v) is 6.87. The fourth-order valence-corrected chi connectivity index (χ4v) is 1.93. The molecule has 0 amide bonds. The molecule has 1 aromatic carbocycles. The van der Waals surface area contributed by atoms with Crippen molar-refractivity contribution in [2.75, 3.05) is 0 Å². The standard InChI is InChI=1S/C14H19BrO4/c1-9(16)10(2)19-14(3,13(17)18)8-11-4-6-12(15)7-5-11/h4-7,9-10,16H,8H2,1-3H3,(H,17,18). The van der Waals surface area contributed by atoms with E-state index in [1.807, 2.05) is 24.3 Å². The van der Waals surface area contributed by atoms with Crippen LogP contribution in [0, 0.1) is 0 Å².